The maximum Gasteiger partial charge on any atom is 0.125 e. The lowest BCUT2D eigenvalue weighted by molar-refractivity contribution is 0.215. The van der Waals surface area contributed by atoms with Gasteiger partial charge in [0.2, 0.25) is 0 Å². The SMILES string of the molecule is Cc1cccnc1C(O)c1cnccc1N. The first-order valence-corrected chi connectivity index (χ1v) is 4.99. The summed E-state index contributed by atoms with van der Waals surface area (Å²) in [6, 6.07) is 5.40. The van der Waals surface area contributed by atoms with Crippen LogP contribution in [0.15, 0.2) is 36.8 Å². The molecule has 0 aromatic carbocycles. The van der Waals surface area contributed by atoms with Gasteiger partial charge in [-0.3, -0.25) is 9.97 Å². The minimum atomic E-state index is -0.824. The van der Waals surface area contributed by atoms with Crippen LogP contribution in [0.5, 0.6) is 0 Å². The molecule has 16 heavy (non-hydrogen) atoms. The average Bonchev–Trinajstić information content (AvgIpc) is 2.29. The third kappa shape index (κ3) is 1.87. The van der Waals surface area contributed by atoms with E-state index in [9.17, 15) is 5.11 Å². The van der Waals surface area contributed by atoms with Gasteiger partial charge in [-0.05, 0) is 24.6 Å². The van der Waals surface area contributed by atoms with E-state index in [0.29, 0.717) is 16.9 Å². The van der Waals surface area contributed by atoms with Gasteiger partial charge in [0.05, 0.1) is 5.69 Å². The number of aliphatic hydroxyl groups is 1. The van der Waals surface area contributed by atoms with Crippen molar-refractivity contribution in [1.82, 2.24) is 9.97 Å². The third-order valence-corrected chi connectivity index (χ3v) is 2.49. The topological polar surface area (TPSA) is 72.0 Å². The van der Waals surface area contributed by atoms with E-state index in [2.05, 4.69) is 9.97 Å². The Labute approximate surface area is 93.8 Å². The molecule has 0 aliphatic rings. The highest BCUT2D eigenvalue weighted by Gasteiger charge is 2.16. The fraction of sp³-hybridized carbons (Fsp3) is 0.167. The Hall–Kier alpha value is -1.94. The monoisotopic (exact) mass is 215 g/mol. The third-order valence-electron chi connectivity index (χ3n) is 2.49. The van der Waals surface area contributed by atoms with E-state index >= 15 is 0 Å². The van der Waals surface area contributed by atoms with Gasteiger partial charge >= 0.3 is 0 Å². The standard InChI is InChI=1S/C12H13N3O/c1-8-3-2-5-15-11(8)12(16)9-7-14-6-4-10(9)13/h2-7,12,16H,1H3,(H2,13,14). The van der Waals surface area contributed by atoms with Crippen LogP contribution in [0.2, 0.25) is 0 Å². The number of hydrogen-bond donors (Lipinski definition) is 2. The molecular formula is C12H13N3O. The number of rotatable bonds is 2. The Bertz CT molecular complexity index is 454. The van der Waals surface area contributed by atoms with Crippen LogP contribution in [0.1, 0.15) is 22.9 Å². The van der Waals surface area contributed by atoms with E-state index in [1.807, 2.05) is 19.1 Å². The maximum atomic E-state index is 10.2. The predicted molar refractivity (Wildman–Crippen MR) is 61.7 cm³/mol. The van der Waals surface area contributed by atoms with Crippen molar-refractivity contribution in [2.45, 2.75) is 13.0 Å². The van der Waals surface area contributed by atoms with Crippen LogP contribution in [0.4, 0.5) is 5.69 Å². The lowest BCUT2D eigenvalue weighted by Crippen LogP contribution is -2.07. The Kier molecular flexibility index (Phi) is 2.83. The van der Waals surface area contributed by atoms with Crippen molar-refractivity contribution in [3.63, 3.8) is 0 Å². The molecule has 0 fully saturated rings. The van der Waals surface area contributed by atoms with Gasteiger partial charge in [0.1, 0.15) is 6.10 Å². The van der Waals surface area contributed by atoms with Crippen molar-refractivity contribution < 1.29 is 5.11 Å². The van der Waals surface area contributed by atoms with Crippen molar-refractivity contribution in [2.24, 2.45) is 0 Å². The summed E-state index contributed by atoms with van der Waals surface area (Å²) >= 11 is 0. The van der Waals surface area contributed by atoms with E-state index in [1.165, 1.54) is 0 Å². The van der Waals surface area contributed by atoms with Gasteiger partial charge in [-0.15, -0.1) is 0 Å². The second-order valence-electron chi connectivity index (χ2n) is 3.61. The van der Waals surface area contributed by atoms with E-state index in [4.69, 9.17) is 5.73 Å². The molecule has 1 atom stereocenters. The number of hydrogen-bond acceptors (Lipinski definition) is 4. The molecule has 82 valence electrons. The molecule has 2 heterocycles. The molecular weight excluding hydrogens is 202 g/mol. The minimum absolute atomic E-state index is 0.521. The first-order chi connectivity index (χ1) is 7.70. The zero-order valence-corrected chi connectivity index (χ0v) is 8.96. The van der Waals surface area contributed by atoms with Gasteiger partial charge in [-0.2, -0.15) is 0 Å². The second-order valence-corrected chi connectivity index (χ2v) is 3.61. The van der Waals surface area contributed by atoms with Crippen molar-refractivity contribution in [3.05, 3.63) is 53.6 Å². The Morgan fingerprint density at radius 2 is 2.12 bits per heavy atom. The highest BCUT2D eigenvalue weighted by atomic mass is 16.3. The van der Waals surface area contributed by atoms with Gasteiger partial charge in [-0.25, -0.2) is 0 Å². The Morgan fingerprint density at radius 1 is 1.31 bits per heavy atom. The van der Waals surface area contributed by atoms with Gasteiger partial charge in [0, 0.05) is 29.8 Å². The van der Waals surface area contributed by atoms with Gasteiger partial charge in [0.15, 0.2) is 0 Å². The van der Waals surface area contributed by atoms with Gasteiger partial charge in [0.25, 0.3) is 0 Å². The first kappa shape index (κ1) is 10.6. The summed E-state index contributed by atoms with van der Waals surface area (Å²) < 4.78 is 0. The maximum absolute atomic E-state index is 10.2. The summed E-state index contributed by atoms with van der Waals surface area (Å²) in [5.74, 6) is 0. The summed E-state index contributed by atoms with van der Waals surface area (Å²) in [4.78, 5) is 8.12. The highest BCUT2D eigenvalue weighted by Crippen LogP contribution is 2.25. The summed E-state index contributed by atoms with van der Waals surface area (Å²) in [6.45, 7) is 1.90. The number of aromatic nitrogens is 2. The molecule has 0 spiro atoms. The van der Waals surface area contributed by atoms with Crippen LogP contribution in [0.25, 0.3) is 0 Å². The molecule has 0 saturated heterocycles. The average molecular weight is 215 g/mol. The normalized spacial score (nSPS) is 12.4. The smallest absolute Gasteiger partial charge is 0.125 e. The van der Waals surface area contributed by atoms with Crippen molar-refractivity contribution in [3.8, 4) is 0 Å². The number of nitrogen functional groups attached to an aromatic ring is 1. The molecule has 0 saturated carbocycles. The van der Waals surface area contributed by atoms with Crippen molar-refractivity contribution in [1.29, 1.82) is 0 Å². The minimum Gasteiger partial charge on any atom is -0.398 e. The summed E-state index contributed by atoms with van der Waals surface area (Å²) in [6.07, 6.45) is 3.98. The second kappa shape index (κ2) is 4.28. The van der Waals surface area contributed by atoms with Crippen molar-refractivity contribution in [2.75, 3.05) is 5.73 Å². The molecule has 2 aromatic rings. The summed E-state index contributed by atoms with van der Waals surface area (Å²) in [5, 5.41) is 10.2. The number of nitrogens with zero attached hydrogens (tertiary/aromatic N) is 2. The Balaban J connectivity index is 2.44. The predicted octanol–water partition coefficient (Wildman–Crippen LogP) is 1.45. The molecule has 4 heteroatoms. The number of aliphatic hydroxyl groups excluding tert-OH is 1. The van der Waals surface area contributed by atoms with Crippen LogP contribution < -0.4 is 5.73 Å². The largest absolute Gasteiger partial charge is 0.398 e. The molecule has 0 amide bonds. The molecule has 4 nitrogen and oxygen atoms in total. The zero-order chi connectivity index (χ0) is 11.5. The number of aryl methyl sites for hydroxylation is 1. The fourth-order valence-corrected chi connectivity index (χ4v) is 1.58. The Morgan fingerprint density at radius 3 is 2.81 bits per heavy atom. The van der Waals surface area contributed by atoms with Crippen molar-refractivity contribution >= 4 is 5.69 Å². The highest BCUT2D eigenvalue weighted by molar-refractivity contribution is 5.48. The number of pyridine rings is 2. The van der Waals surface area contributed by atoms with E-state index in [-0.39, 0.29) is 0 Å². The van der Waals surface area contributed by atoms with Crippen LogP contribution >= 0.6 is 0 Å². The van der Waals surface area contributed by atoms with E-state index in [1.54, 1.807) is 24.7 Å². The first-order valence-electron chi connectivity index (χ1n) is 4.99. The molecule has 2 rings (SSSR count). The molecule has 0 aliphatic heterocycles. The van der Waals surface area contributed by atoms with Gasteiger partial charge < -0.3 is 10.8 Å². The molecule has 2 aromatic heterocycles. The van der Waals surface area contributed by atoms with Crippen LogP contribution in [0, 0.1) is 6.92 Å². The summed E-state index contributed by atoms with van der Waals surface area (Å²) in [7, 11) is 0. The lowest BCUT2D eigenvalue weighted by Gasteiger charge is -2.13. The quantitative estimate of drug-likeness (QED) is 0.795. The van der Waals surface area contributed by atoms with Gasteiger partial charge in [-0.1, -0.05) is 6.07 Å². The van der Waals surface area contributed by atoms with Crippen LogP contribution in [-0.2, 0) is 0 Å². The fourth-order valence-electron chi connectivity index (χ4n) is 1.58. The molecule has 1 unspecified atom stereocenters. The number of nitrogens with two attached hydrogens (primary N) is 1. The lowest BCUT2D eigenvalue weighted by atomic mass is 10.0. The molecule has 0 aliphatic carbocycles. The van der Waals surface area contributed by atoms with Crippen LogP contribution in [0.3, 0.4) is 0 Å². The number of anilines is 1. The zero-order valence-electron chi connectivity index (χ0n) is 8.96. The van der Waals surface area contributed by atoms with E-state index < -0.39 is 6.10 Å². The molecule has 3 N–H and O–H groups in total. The molecule has 0 radical (unpaired) electrons. The van der Waals surface area contributed by atoms with Crippen LogP contribution in [-0.4, -0.2) is 15.1 Å². The molecule has 0 bridgehead atoms. The van der Waals surface area contributed by atoms with E-state index in [0.717, 1.165) is 5.56 Å². The summed E-state index contributed by atoms with van der Waals surface area (Å²) in [5.41, 5.74) is 8.43.